The molecule has 1 amide bonds. The number of carbonyl (C=O) groups is 1. The van der Waals surface area contributed by atoms with E-state index in [1.165, 1.54) is 51.7 Å². The lowest BCUT2D eigenvalue weighted by Crippen LogP contribution is -2.50. The SMILES string of the molecule is COc1ccc(S(=O)(=O)NC(Cc2ccccc2)C(=O)NC2CCCCCCC2)cc1OC. The van der Waals surface area contributed by atoms with Gasteiger partial charge in [0.05, 0.1) is 19.1 Å². The molecule has 2 aromatic rings. The van der Waals surface area contributed by atoms with Gasteiger partial charge in [-0.05, 0) is 37.0 Å². The van der Waals surface area contributed by atoms with Crippen molar-refractivity contribution in [2.45, 2.75) is 68.3 Å². The van der Waals surface area contributed by atoms with Gasteiger partial charge in [-0.2, -0.15) is 4.72 Å². The molecule has 8 heteroatoms. The van der Waals surface area contributed by atoms with Crippen LogP contribution in [0, 0.1) is 0 Å². The molecule has 1 fully saturated rings. The van der Waals surface area contributed by atoms with Crippen molar-refractivity contribution < 1.29 is 22.7 Å². The summed E-state index contributed by atoms with van der Waals surface area (Å²) < 4.78 is 39.5. The zero-order valence-electron chi connectivity index (χ0n) is 19.4. The molecule has 1 unspecified atom stereocenters. The highest BCUT2D eigenvalue weighted by molar-refractivity contribution is 7.89. The average Bonchev–Trinajstić information content (AvgIpc) is 2.80. The molecule has 0 heterocycles. The monoisotopic (exact) mass is 474 g/mol. The van der Waals surface area contributed by atoms with Gasteiger partial charge in [-0.15, -0.1) is 0 Å². The Morgan fingerprint density at radius 3 is 2.21 bits per heavy atom. The van der Waals surface area contributed by atoms with Crippen molar-refractivity contribution in [3.05, 3.63) is 54.1 Å². The maximum absolute atomic E-state index is 13.3. The summed E-state index contributed by atoms with van der Waals surface area (Å²) in [4.78, 5) is 13.3. The summed E-state index contributed by atoms with van der Waals surface area (Å²) in [6.45, 7) is 0. The smallest absolute Gasteiger partial charge is 0.241 e. The Hall–Kier alpha value is -2.58. The minimum Gasteiger partial charge on any atom is -0.493 e. The van der Waals surface area contributed by atoms with Gasteiger partial charge in [0.2, 0.25) is 15.9 Å². The number of methoxy groups -OCH3 is 2. The summed E-state index contributed by atoms with van der Waals surface area (Å²) in [5.74, 6) is 0.437. The molecule has 2 aromatic carbocycles. The number of hydrogen-bond acceptors (Lipinski definition) is 5. The van der Waals surface area contributed by atoms with Gasteiger partial charge in [0.25, 0.3) is 0 Å². The van der Waals surface area contributed by atoms with E-state index >= 15 is 0 Å². The van der Waals surface area contributed by atoms with Crippen LogP contribution in [0.4, 0.5) is 0 Å². The highest BCUT2D eigenvalue weighted by Gasteiger charge is 2.28. The highest BCUT2D eigenvalue weighted by atomic mass is 32.2. The normalized spacial score (nSPS) is 16.3. The third kappa shape index (κ3) is 7.20. The molecule has 7 nitrogen and oxygen atoms in total. The molecule has 1 atom stereocenters. The van der Waals surface area contributed by atoms with E-state index in [4.69, 9.17) is 9.47 Å². The van der Waals surface area contributed by atoms with E-state index < -0.39 is 16.1 Å². The predicted molar refractivity (Wildman–Crippen MR) is 128 cm³/mol. The predicted octanol–water partition coefficient (Wildman–Crippen LogP) is 3.82. The Bertz CT molecular complexity index is 1000. The Morgan fingerprint density at radius 1 is 0.939 bits per heavy atom. The molecule has 1 aliphatic rings. The quantitative estimate of drug-likeness (QED) is 0.576. The molecule has 180 valence electrons. The first kappa shape index (κ1) is 25.1. The molecule has 33 heavy (non-hydrogen) atoms. The van der Waals surface area contributed by atoms with Crippen molar-refractivity contribution in [2.75, 3.05) is 14.2 Å². The molecule has 0 bridgehead atoms. The van der Waals surface area contributed by atoms with E-state index in [0.717, 1.165) is 31.2 Å². The number of rotatable bonds is 9. The third-order valence-electron chi connectivity index (χ3n) is 6.01. The summed E-state index contributed by atoms with van der Waals surface area (Å²) in [7, 11) is -1.05. The van der Waals surface area contributed by atoms with Crippen LogP contribution in [0.1, 0.15) is 50.5 Å². The van der Waals surface area contributed by atoms with Crippen LogP contribution in [0.25, 0.3) is 0 Å². The Morgan fingerprint density at radius 2 is 1.58 bits per heavy atom. The zero-order chi connectivity index (χ0) is 23.7. The number of amides is 1. The molecule has 3 rings (SSSR count). The van der Waals surface area contributed by atoms with Gasteiger partial charge in [0.1, 0.15) is 6.04 Å². The van der Waals surface area contributed by atoms with E-state index in [1.807, 2.05) is 30.3 Å². The van der Waals surface area contributed by atoms with Crippen molar-refractivity contribution in [1.29, 1.82) is 0 Å². The maximum atomic E-state index is 13.3. The molecule has 2 N–H and O–H groups in total. The first-order chi connectivity index (χ1) is 15.9. The molecule has 0 spiro atoms. The standard InChI is InChI=1S/C25H34N2O5S/c1-31-23-16-15-21(18-24(23)32-2)33(29,30)27-22(17-19-11-7-6-8-12-19)25(28)26-20-13-9-4-3-5-10-14-20/h6-8,11-12,15-16,18,20,22,27H,3-5,9-10,13-14,17H2,1-2H3,(H,26,28). The Kier molecular flexibility index (Phi) is 9.14. The second-order valence-corrected chi connectivity index (χ2v) is 10.1. The van der Waals surface area contributed by atoms with Gasteiger partial charge >= 0.3 is 0 Å². The van der Waals surface area contributed by atoms with Gasteiger partial charge in [-0.25, -0.2) is 8.42 Å². The van der Waals surface area contributed by atoms with Gasteiger partial charge in [0.15, 0.2) is 11.5 Å². The van der Waals surface area contributed by atoms with Crippen LogP contribution in [0.5, 0.6) is 11.5 Å². The molecule has 1 saturated carbocycles. The first-order valence-electron chi connectivity index (χ1n) is 11.5. The van der Waals surface area contributed by atoms with Crippen molar-refractivity contribution in [1.82, 2.24) is 10.0 Å². The van der Waals surface area contributed by atoms with Crippen LogP contribution in [0.15, 0.2) is 53.4 Å². The number of hydrogen-bond donors (Lipinski definition) is 2. The van der Waals surface area contributed by atoms with Crippen LogP contribution < -0.4 is 19.5 Å². The number of carbonyl (C=O) groups excluding carboxylic acids is 1. The third-order valence-corrected chi connectivity index (χ3v) is 7.48. The van der Waals surface area contributed by atoms with Gasteiger partial charge < -0.3 is 14.8 Å². The second kappa shape index (κ2) is 12.0. The van der Waals surface area contributed by atoms with Crippen molar-refractivity contribution in [3.63, 3.8) is 0 Å². The Balaban J connectivity index is 1.81. The lowest BCUT2D eigenvalue weighted by molar-refractivity contribution is -0.123. The molecule has 1 aliphatic carbocycles. The Labute approximate surface area is 196 Å². The van der Waals surface area contributed by atoms with E-state index in [2.05, 4.69) is 10.0 Å². The molecular weight excluding hydrogens is 440 g/mol. The summed E-state index contributed by atoms with van der Waals surface area (Å²) in [5.41, 5.74) is 0.880. The fourth-order valence-electron chi connectivity index (χ4n) is 4.18. The average molecular weight is 475 g/mol. The highest BCUT2D eigenvalue weighted by Crippen LogP contribution is 2.29. The largest absolute Gasteiger partial charge is 0.493 e. The summed E-state index contributed by atoms with van der Waals surface area (Å²) >= 11 is 0. The molecule has 0 saturated heterocycles. The minimum absolute atomic E-state index is 0.0111. The molecule has 0 aliphatic heterocycles. The maximum Gasteiger partial charge on any atom is 0.241 e. The second-order valence-electron chi connectivity index (χ2n) is 8.43. The minimum atomic E-state index is -3.98. The summed E-state index contributed by atoms with van der Waals surface area (Å²) in [5, 5.41) is 3.11. The topological polar surface area (TPSA) is 93.7 Å². The molecule has 0 radical (unpaired) electrons. The van der Waals surface area contributed by atoms with Crippen LogP contribution in [-0.4, -0.2) is 40.6 Å². The van der Waals surface area contributed by atoms with E-state index in [1.54, 1.807) is 0 Å². The summed E-state index contributed by atoms with van der Waals surface area (Å²) in [6.07, 6.45) is 7.83. The van der Waals surface area contributed by atoms with E-state index in [0.29, 0.717) is 11.5 Å². The van der Waals surface area contributed by atoms with E-state index in [9.17, 15) is 13.2 Å². The van der Waals surface area contributed by atoms with Crippen molar-refractivity contribution >= 4 is 15.9 Å². The summed E-state index contributed by atoms with van der Waals surface area (Å²) in [6, 6.07) is 12.9. The number of nitrogens with one attached hydrogen (secondary N) is 2. The van der Waals surface area contributed by atoms with Gasteiger partial charge in [0, 0.05) is 12.1 Å². The fraction of sp³-hybridized carbons (Fsp3) is 0.480. The van der Waals surface area contributed by atoms with Crippen LogP contribution >= 0.6 is 0 Å². The number of ether oxygens (including phenoxy) is 2. The fourth-order valence-corrected chi connectivity index (χ4v) is 5.39. The first-order valence-corrected chi connectivity index (χ1v) is 13.0. The molecule has 0 aromatic heterocycles. The van der Waals surface area contributed by atoms with Gasteiger partial charge in [-0.3, -0.25) is 4.79 Å². The van der Waals surface area contributed by atoms with Crippen LogP contribution in [-0.2, 0) is 21.2 Å². The lowest BCUT2D eigenvalue weighted by Gasteiger charge is -2.25. The van der Waals surface area contributed by atoms with E-state index in [-0.39, 0.29) is 23.3 Å². The van der Waals surface area contributed by atoms with Crippen LogP contribution in [0.3, 0.4) is 0 Å². The lowest BCUT2D eigenvalue weighted by atomic mass is 9.96. The van der Waals surface area contributed by atoms with Crippen molar-refractivity contribution in [3.8, 4) is 11.5 Å². The number of benzene rings is 2. The van der Waals surface area contributed by atoms with Gasteiger partial charge in [-0.1, -0.05) is 62.4 Å². The number of sulfonamides is 1. The van der Waals surface area contributed by atoms with Crippen LogP contribution in [0.2, 0.25) is 0 Å². The molecular formula is C25H34N2O5S. The zero-order valence-corrected chi connectivity index (χ0v) is 20.2. The van der Waals surface area contributed by atoms with Crippen molar-refractivity contribution in [2.24, 2.45) is 0 Å².